The number of hydrogen-bond acceptors (Lipinski definition) is 7. The average Bonchev–Trinajstić information content (AvgIpc) is 3.33. The first-order valence-corrected chi connectivity index (χ1v) is 12.5. The zero-order valence-electron chi connectivity index (χ0n) is 20.4. The third-order valence-corrected chi connectivity index (χ3v) is 6.80. The summed E-state index contributed by atoms with van der Waals surface area (Å²) >= 11 is 1.49. The molecule has 0 aliphatic rings. The Morgan fingerprint density at radius 1 is 1.11 bits per heavy atom. The van der Waals surface area contributed by atoms with Crippen molar-refractivity contribution < 1.29 is 14.3 Å². The molecule has 0 aliphatic heterocycles. The number of aliphatic carboxylic acids is 1. The highest BCUT2D eigenvalue weighted by Crippen LogP contribution is 2.27. The summed E-state index contributed by atoms with van der Waals surface area (Å²) in [6, 6.07) is 13.6. The van der Waals surface area contributed by atoms with Crippen LogP contribution in [0.3, 0.4) is 0 Å². The Labute approximate surface area is 213 Å². The maximum atomic E-state index is 13.8. The van der Waals surface area contributed by atoms with Crippen molar-refractivity contribution in [1.29, 1.82) is 0 Å². The molecule has 9 heteroatoms. The number of anilines is 2. The van der Waals surface area contributed by atoms with Gasteiger partial charge in [0.15, 0.2) is 0 Å². The van der Waals surface area contributed by atoms with Gasteiger partial charge in [0, 0.05) is 23.9 Å². The van der Waals surface area contributed by atoms with E-state index in [1.165, 1.54) is 23.5 Å². The third kappa shape index (κ3) is 6.23. The predicted molar refractivity (Wildman–Crippen MR) is 141 cm³/mol. The topological polar surface area (TPSA) is 100 Å². The van der Waals surface area contributed by atoms with Crippen molar-refractivity contribution in [3.63, 3.8) is 0 Å². The van der Waals surface area contributed by atoms with Crippen LogP contribution in [0.1, 0.15) is 34.2 Å². The van der Waals surface area contributed by atoms with Crippen molar-refractivity contribution in [3.05, 3.63) is 87.8 Å². The van der Waals surface area contributed by atoms with E-state index in [-0.39, 0.29) is 12.2 Å². The number of benzene rings is 2. The van der Waals surface area contributed by atoms with Crippen molar-refractivity contribution in [1.82, 2.24) is 15.2 Å². The van der Waals surface area contributed by atoms with E-state index in [2.05, 4.69) is 25.8 Å². The summed E-state index contributed by atoms with van der Waals surface area (Å²) in [4.78, 5) is 16.3. The molecule has 2 aromatic carbocycles. The van der Waals surface area contributed by atoms with E-state index in [9.17, 15) is 14.3 Å². The molecule has 0 bridgehead atoms. The van der Waals surface area contributed by atoms with Crippen LogP contribution in [0.2, 0.25) is 0 Å². The fraction of sp³-hybridized carbons (Fsp3) is 0.259. The second-order valence-electron chi connectivity index (χ2n) is 8.62. The van der Waals surface area contributed by atoms with Crippen molar-refractivity contribution in [3.8, 4) is 10.6 Å². The summed E-state index contributed by atoms with van der Waals surface area (Å²) in [6.07, 6.45) is 2.64. The summed E-state index contributed by atoms with van der Waals surface area (Å²) in [5, 5.41) is 26.4. The molecule has 36 heavy (non-hydrogen) atoms. The second kappa shape index (κ2) is 11.3. The van der Waals surface area contributed by atoms with E-state index in [4.69, 9.17) is 0 Å². The number of carboxylic acid groups (broad SMARTS) is 1. The molecule has 0 amide bonds. The van der Waals surface area contributed by atoms with E-state index in [1.54, 1.807) is 13.1 Å². The highest BCUT2D eigenvalue weighted by molar-refractivity contribution is 7.14. The zero-order chi connectivity index (χ0) is 25.7. The van der Waals surface area contributed by atoms with Crippen LogP contribution >= 0.6 is 11.3 Å². The summed E-state index contributed by atoms with van der Waals surface area (Å²) in [5.41, 5.74) is 5.04. The van der Waals surface area contributed by atoms with Gasteiger partial charge in [-0.2, -0.15) is 0 Å². The Bertz CT molecular complexity index is 1360. The van der Waals surface area contributed by atoms with Crippen LogP contribution in [0.4, 0.5) is 15.9 Å². The predicted octanol–water partition coefficient (Wildman–Crippen LogP) is 5.64. The van der Waals surface area contributed by atoms with E-state index in [0.717, 1.165) is 38.1 Å². The Morgan fingerprint density at radius 3 is 2.58 bits per heavy atom. The minimum Gasteiger partial charge on any atom is -0.480 e. The number of halogens is 1. The number of aryl methyl sites for hydroxylation is 3. The van der Waals surface area contributed by atoms with Gasteiger partial charge in [0.05, 0.1) is 6.54 Å². The van der Waals surface area contributed by atoms with E-state index < -0.39 is 12.0 Å². The van der Waals surface area contributed by atoms with Crippen LogP contribution in [-0.4, -0.2) is 32.3 Å². The first-order valence-electron chi connectivity index (χ1n) is 11.7. The molecule has 0 fully saturated rings. The minimum absolute atomic E-state index is 0.282. The monoisotopic (exact) mass is 505 g/mol. The molecule has 0 radical (unpaired) electrons. The quantitative estimate of drug-likeness (QED) is 0.256. The number of carbonyl (C=O) groups is 1. The van der Waals surface area contributed by atoms with Crippen LogP contribution in [-0.2, 0) is 24.2 Å². The second-order valence-corrected chi connectivity index (χ2v) is 9.68. The fourth-order valence-corrected chi connectivity index (χ4v) is 4.72. The van der Waals surface area contributed by atoms with Crippen LogP contribution in [0.5, 0.6) is 0 Å². The Morgan fingerprint density at radius 2 is 1.89 bits per heavy atom. The van der Waals surface area contributed by atoms with Crippen LogP contribution < -0.4 is 10.6 Å². The molecule has 4 rings (SSSR count). The Hall–Kier alpha value is -3.85. The normalized spacial score (nSPS) is 11.8. The van der Waals surface area contributed by atoms with Gasteiger partial charge < -0.3 is 15.7 Å². The Balaban J connectivity index is 1.42. The molecule has 186 valence electrons. The van der Waals surface area contributed by atoms with Gasteiger partial charge >= 0.3 is 5.97 Å². The maximum Gasteiger partial charge on any atom is 0.326 e. The van der Waals surface area contributed by atoms with Gasteiger partial charge in [-0.1, -0.05) is 42.5 Å². The SMILES string of the molecule is CCc1cc(F)cc(C)c1NC(Cc1ccc(-c2nnc(CNc3cc(C)ccn3)s2)cc1)C(=O)O. The molecule has 0 aliphatic carbocycles. The molecular weight excluding hydrogens is 477 g/mol. The Kier molecular flexibility index (Phi) is 7.90. The van der Waals surface area contributed by atoms with Crippen molar-refractivity contribution >= 4 is 28.8 Å². The number of nitrogens with one attached hydrogen (secondary N) is 2. The van der Waals surface area contributed by atoms with E-state index >= 15 is 0 Å². The largest absolute Gasteiger partial charge is 0.480 e. The lowest BCUT2D eigenvalue weighted by molar-refractivity contribution is -0.137. The summed E-state index contributed by atoms with van der Waals surface area (Å²) in [7, 11) is 0. The molecule has 0 saturated heterocycles. The number of aromatic nitrogens is 3. The smallest absolute Gasteiger partial charge is 0.326 e. The average molecular weight is 506 g/mol. The number of nitrogens with zero attached hydrogens (tertiary/aromatic N) is 3. The van der Waals surface area contributed by atoms with Crippen molar-refractivity contribution in [2.75, 3.05) is 10.6 Å². The summed E-state index contributed by atoms with van der Waals surface area (Å²) in [5.74, 6) is -0.492. The van der Waals surface area contributed by atoms with Crippen LogP contribution in [0.15, 0.2) is 54.7 Å². The molecule has 1 atom stereocenters. The third-order valence-electron chi connectivity index (χ3n) is 5.82. The standard InChI is InChI=1S/C27H28FN5O2S/c1-4-19-14-21(28)12-17(3)25(19)31-22(27(34)35)13-18-5-7-20(8-6-18)26-33-32-24(36-26)15-30-23-11-16(2)9-10-29-23/h5-12,14,22,31H,4,13,15H2,1-3H3,(H,29,30)(H,34,35). The molecule has 0 saturated carbocycles. The van der Waals surface area contributed by atoms with Crippen LogP contribution in [0, 0.1) is 19.7 Å². The highest BCUT2D eigenvalue weighted by atomic mass is 32.1. The first kappa shape index (κ1) is 25.2. The van der Waals surface area contributed by atoms with Gasteiger partial charge in [-0.25, -0.2) is 14.2 Å². The molecule has 1 unspecified atom stereocenters. The number of hydrogen-bond donors (Lipinski definition) is 3. The van der Waals surface area contributed by atoms with Gasteiger partial charge in [0.2, 0.25) is 0 Å². The first-order chi connectivity index (χ1) is 17.3. The summed E-state index contributed by atoms with van der Waals surface area (Å²) < 4.78 is 13.8. The van der Waals surface area contributed by atoms with E-state index in [0.29, 0.717) is 24.2 Å². The lowest BCUT2D eigenvalue weighted by Gasteiger charge is -2.20. The molecule has 2 aromatic heterocycles. The van der Waals surface area contributed by atoms with Gasteiger partial charge in [0.25, 0.3) is 0 Å². The lowest BCUT2D eigenvalue weighted by atomic mass is 10.0. The molecule has 3 N–H and O–H groups in total. The number of carboxylic acids is 1. The van der Waals surface area contributed by atoms with Gasteiger partial charge in [-0.3, -0.25) is 0 Å². The fourth-order valence-electron chi connectivity index (χ4n) is 3.93. The lowest BCUT2D eigenvalue weighted by Crippen LogP contribution is -2.32. The molecular formula is C27H28FN5O2S. The van der Waals surface area contributed by atoms with Crippen molar-refractivity contribution in [2.24, 2.45) is 0 Å². The van der Waals surface area contributed by atoms with Crippen LogP contribution in [0.25, 0.3) is 10.6 Å². The minimum atomic E-state index is -0.964. The molecule has 0 spiro atoms. The van der Waals surface area contributed by atoms with Crippen molar-refractivity contribution in [2.45, 2.75) is 46.2 Å². The van der Waals surface area contributed by atoms with Gasteiger partial charge in [-0.05, 0) is 66.8 Å². The zero-order valence-corrected chi connectivity index (χ0v) is 21.2. The highest BCUT2D eigenvalue weighted by Gasteiger charge is 2.20. The molecule has 2 heterocycles. The molecule has 4 aromatic rings. The maximum absolute atomic E-state index is 13.8. The number of pyridine rings is 1. The van der Waals surface area contributed by atoms with Gasteiger partial charge in [0.1, 0.15) is 27.7 Å². The summed E-state index contributed by atoms with van der Waals surface area (Å²) in [6.45, 7) is 6.24. The number of rotatable bonds is 10. The van der Waals surface area contributed by atoms with E-state index in [1.807, 2.05) is 50.2 Å². The van der Waals surface area contributed by atoms with Gasteiger partial charge in [-0.15, -0.1) is 10.2 Å². The molecule has 7 nitrogen and oxygen atoms in total.